The molecule has 0 radical (unpaired) electrons. The van der Waals surface area contributed by atoms with E-state index in [1.165, 1.54) is 0 Å². The normalized spacial score (nSPS) is 27.9. The van der Waals surface area contributed by atoms with Crippen LogP contribution >= 0.6 is 0 Å². The Balaban J connectivity index is 2.40. The van der Waals surface area contributed by atoms with E-state index < -0.39 is 5.54 Å². The lowest BCUT2D eigenvalue weighted by Crippen LogP contribution is -2.38. The van der Waals surface area contributed by atoms with Gasteiger partial charge in [-0.15, -0.1) is 0 Å². The Hall–Kier alpha value is -1.15. The number of hydrogen-bond acceptors (Lipinski definition) is 2. The van der Waals surface area contributed by atoms with Crippen molar-refractivity contribution < 1.29 is 4.79 Å². The molecule has 1 aromatic rings. The first-order valence-electron chi connectivity index (χ1n) is 4.57. The molecule has 0 aromatic heterocycles. The molecule has 1 atom stereocenters. The lowest BCUT2D eigenvalue weighted by atomic mass is 9.90. The summed E-state index contributed by atoms with van der Waals surface area (Å²) in [6.45, 7) is 2.75. The van der Waals surface area contributed by atoms with Crippen molar-refractivity contribution in [1.29, 1.82) is 0 Å². The predicted octanol–water partition coefficient (Wildman–Crippen LogP) is 1.46. The summed E-state index contributed by atoms with van der Waals surface area (Å²) in [4.78, 5) is 11.6. The number of carbonyl (C=O) groups is 1. The molecule has 68 valence electrons. The molecule has 1 heterocycles. The van der Waals surface area contributed by atoms with Gasteiger partial charge in [0.05, 0.1) is 0 Å². The van der Waals surface area contributed by atoms with Crippen LogP contribution in [0.3, 0.4) is 0 Å². The van der Waals surface area contributed by atoms with Crippen LogP contribution in [0.4, 0.5) is 0 Å². The lowest BCUT2D eigenvalue weighted by Gasteiger charge is -2.22. The third kappa shape index (κ3) is 1.27. The van der Waals surface area contributed by atoms with Crippen molar-refractivity contribution in [2.75, 3.05) is 6.54 Å². The molecule has 1 saturated heterocycles. The Labute approximate surface area is 78.0 Å². The van der Waals surface area contributed by atoms with E-state index in [2.05, 4.69) is 5.32 Å². The molecule has 1 aliphatic rings. The molecule has 13 heavy (non-hydrogen) atoms. The molecular weight excluding hydrogens is 162 g/mol. The minimum absolute atomic E-state index is 0.290. The highest BCUT2D eigenvalue weighted by molar-refractivity contribution is 5.91. The van der Waals surface area contributed by atoms with Crippen LogP contribution in [0, 0.1) is 0 Å². The molecule has 2 heteroatoms. The number of rotatable bonds is 1. The zero-order valence-electron chi connectivity index (χ0n) is 7.71. The van der Waals surface area contributed by atoms with E-state index in [0.29, 0.717) is 12.2 Å². The van der Waals surface area contributed by atoms with Gasteiger partial charge in [0.1, 0.15) is 5.54 Å². The summed E-state index contributed by atoms with van der Waals surface area (Å²) >= 11 is 0. The fourth-order valence-electron chi connectivity index (χ4n) is 1.81. The second-order valence-corrected chi connectivity index (χ2v) is 3.59. The number of nitrogens with one attached hydrogen (secondary N) is 1. The molecule has 1 N–H and O–H groups in total. The van der Waals surface area contributed by atoms with Gasteiger partial charge in [0.2, 0.25) is 0 Å². The molecular formula is C11H13NO. The highest BCUT2D eigenvalue weighted by Gasteiger charge is 2.38. The van der Waals surface area contributed by atoms with Crippen LogP contribution in [0.5, 0.6) is 0 Å². The largest absolute Gasteiger partial charge is 0.301 e. The van der Waals surface area contributed by atoms with Crippen LogP contribution in [0.15, 0.2) is 30.3 Å². The molecule has 1 fully saturated rings. The molecule has 1 aliphatic heterocycles. The van der Waals surface area contributed by atoms with Crippen molar-refractivity contribution in [3.63, 3.8) is 0 Å². The van der Waals surface area contributed by atoms with Crippen LogP contribution in [-0.4, -0.2) is 12.3 Å². The van der Waals surface area contributed by atoms with Gasteiger partial charge in [-0.2, -0.15) is 0 Å². The number of carbonyl (C=O) groups excluding carboxylic acids is 1. The minimum atomic E-state index is -0.443. The summed E-state index contributed by atoms with van der Waals surface area (Å²) in [6.07, 6.45) is 0.644. The molecule has 0 amide bonds. The van der Waals surface area contributed by atoms with Crippen LogP contribution < -0.4 is 5.32 Å². The molecule has 2 rings (SSSR count). The zero-order chi connectivity index (χ0) is 9.31. The van der Waals surface area contributed by atoms with Gasteiger partial charge in [0, 0.05) is 13.0 Å². The third-order valence-corrected chi connectivity index (χ3v) is 2.74. The van der Waals surface area contributed by atoms with E-state index in [4.69, 9.17) is 0 Å². The monoisotopic (exact) mass is 175 g/mol. The van der Waals surface area contributed by atoms with E-state index in [9.17, 15) is 4.79 Å². The van der Waals surface area contributed by atoms with Crippen molar-refractivity contribution in [1.82, 2.24) is 5.32 Å². The average Bonchev–Trinajstić information content (AvgIpc) is 2.50. The lowest BCUT2D eigenvalue weighted by molar-refractivity contribution is -0.122. The van der Waals surface area contributed by atoms with Crippen LogP contribution in [0.25, 0.3) is 0 Å². The summed E-state index contributed by atoms with van der Waals surface area (Å²) in [5, 5.41) is 3.25. The van der Waals surface area contributed by atoms with E-state index in [0.717, 1.165) is 12.1 Å². The highest BCUT2D eigenvalue weighted by atomic mass is 16.1. The first-order valence-corrected chi connectivity index (χ1v) is 4.57. The maximum atomic E-state index is 11.6. The molecule has 0 aliphatic carbocycles. The first kappa shape index (κ1) is 8.45. The van der Waals surface area contributed by atoms with Gasteiger partial charge >= 0.3 is 0 Å². The number of benzene rings is 1. The van der Waals surface area contributed by atoms with Crippen LogP contribution in [0.2, 0.25) is 0 Å². The SMILES string of the molecule is CC1(c2ccccc2)NCCC1=O. The van der Waals surface area contributed by atoms with Gasteiger partial charge in [0.15, 0.2) is 5.78 Å². The van der Waals surface area contributed by atoms with Crippen molar-refractivity contribution in [2.24, 2.45) is 0 Å². The first-order chi connectivity index (χ1) is 6.23. The fraction of sp³-hybridized carbons (Fsp3) is 0.364. The summed E-state index contributed by atoms with van der Waals surface area (Å²) in [5.74, 6) is 0.290. The van der Waals surface area contributed by atoms with Crippen molar-refractivity contribution in [3.05, 3.63) is 35.9 Å². The molecule has 2 nitrogen and oxygen atoms in total. The Morgan fingerprint density at radius 2 is 2.00 bits per heavy atom. The zero-order valence-corrected chi connectivity index (χ0v) is 7.71. The quantitative estimate of drug-likeness (QED) is 0.700. The Kier molecular flexibility index (Phi) is 1.93. The average molecular weight is 175 g/mol. The standard InChI is InChI=1S/C11H13NO/c1-11(10(13)7-8-12-11)9-5-3-2-4-6-9/h2-6,12H,7-8H2,1H3. The number of hydrogen-bond donors (Lipinski definition) is 1. The second-order valence-electron chi connectivity index (χ2n) is 3.59. The van der Waals surface area contributed by atoms with E-state index in [-0.39, 0.29) is 0 Å². The maximum absolute atomic E-state index is 11.6. The number of Topliss-reactive ketones (excluding diaryl/α,β-unsaturated/α-hetero) is 1. The molecule has 0 saturated carbocycles. The van der Waals surface area contributed by atoms with Gasteiger partial charge < -0.3 is 5.32 Å². The maximum Gasteiger partial charge on any atom is 0.158 e. The Morgan fingerprint density at radius 3 is 2.54 bits per heavy atom. The summed E-state index contributed by atoms with van der Waals surface area (Å²) in [5.41, 5.74) is 0.624. The Morgan fingerprint density at radius 1 is 1.31 bits per heavy atom. The molecule has 1 unspecified atom stereocenters. The van der Waals surface area contributed by atoms with Crippen molar-refractivity contribution in [2.45, 2.75) is 18.9 Å². The van der Waals surface area contributed by atoms with E-state index >= 15 is 0 Å². The van der Waals surface area contributed by atoms with Crippen LogP contribution in [-0.2, 0) is 10.3 Å². The van der Waals surface area contributed by atoms with Crippen molar-refractivity contribution in [3.8, 4) is 0 Å². The predicted molar refractivity (Wildman–Crippen MR) is 51.4 cm³/mol. The second kappa shape index (κ2) is 2.96. The van der Waals surface area contributed by atoms with E-state index in [1.807, 2.05) is 37.3 Å². The van der Waals surface area contributed by atoms with E-state index in [1.54, 1.807) is 0 Å². The van der Waals surface area contributed by atoms with Gasteiger partial charge in [-0.05, 0) is 12.5 Å². The Bertz CT molecular complexity index is 320. The smallest absolute Gasteiger partial charge is 0.158 e. The summed E-state index contributed by atoms with van der Waals surface area (Å²) in [7, 11) is 0. The summed E-state index contributed by atoms with van der Waals surface area (Å²) < 4.78 is 0. The highest BCUT2D eigenvalue weighted by Crippen LogP contribution is 2.26. The van der Waals surface area contributed by atoms with Crippen LogP contribution in [0.1, 0.15) is 18.9 Å². The van der Waals surface area contributed by atoms with Gasteiger partial charge in [-0.3, -0.25) is 4.79 Å². The fourth-order valence-corrected chi connectivity index (χ4v) is 1.81. The third-order valence-electron chi connectivity index (χ3n) is 2.74. The topological polar surface area (TPSA) is 29.1 Å². The summed E-state index contributed by atoms with van der Waals surface area (Å²) in [6, 6.07) is 9.89. The van der Waals surface area contributed by atoms with Gasteiger partial charge in [-0.25, -0.2) is 0 Å². The van der Waals surface area contributed by atoms with Gasteiger partial charge in [0.25, 0.3) is 0 Å². The molecule has 0 spiro atoms. The van der Waals surface area contributed by atoms with Gasteiger partial charge in [-0.1, -0.05) is 30.3 Å². The van der Waals surface area contributed by atoms with Crippen molar-refractivity contribution >= 4 is 5.78 Å². The number of ketones is 1. The molecule has 0 bridgehead atoms. The molecule has 1 aromatic carbocycles. The minimum Gasteiger partial charge on any atom is -0.301 e.